The highest BCUT2D eigenvalue weighted by Gasteiger charge is 2.14. The summed E-state index contributed by atoms with van der Waals surface area (Å²) in [6.07, 6.45) is 9.94. The standard InChI is InChI=1S/C15H22.C10H18.2C4H10/c1-5-9-13(6-2)15-12(4)10-8-11-14(15)7-3;1-6-7-10(4,5)8-9(2)3;2*1-4(2)3/h6,8,10-11H,5,7,9H2,1-4H3;6H,1-2,7-8H2,3-5H3;2*4H,1-3H3/b13-6-;;;. The van der Waals surface area contributed by atoms with Crippen LogP contribution < -0.4 is 0 Å². The van der Waals surface area contributed by atoms with Crippen molar-refractivity contribution in [3.05, 3.63) is 65.8 Å². The van der Waals surface area contributed by atoms with E-state index in [1.165, 1.54) is 40.7 Å². The summed E-state index contributed by atoms with van der Waals surface area (Å²) in [7, 11) is 0. The van der Waals surface area contributed by atoms with Crippen LogP contribution in [-0.2, 0) is 6.42 Å². The minimum absolute atomic E-state index is 0.355. The normalized spacial score (nSPS) is 10.9. The Morgan fingerprint density at radius 3 is 1.82 bits per heavy atom. The first-order chi connectivity index (χ1) is 15.2. The van der Waals surface area contributed by atoms with Gasteiger partial charge in [0.2, 0.25) is 0 Å². The average Bonchev–Trinajstić information content (AvgIpc) is 2.64. The third kappa shape index (κ3) is 23.4. The van der Waals surface area contributed by atoms with Crippen molar-refractivity contribution in [3.63, 3.8) is 0 Å². The highest BCUT2D eigenvalue weighted by molar-refractivity contribution is 5.70. The Bertz CT molecular complexity index is 641. The lowest BCUT2D eigenvalue weighted by molar-refractivity contribution is 0.368. The van der Waals surface area contributed by atoms with E-state index >= 15 is 0 Å². The molecule has 0 heterocycles. The molecule has 0 heteroatoms. The van der Waals surface area contributed by atoms with E-state index in [1.807, 2.05) is 6.08 Å². The predicted molar refractivity (Wildman–Crippen MR) is 158 cm³/mol. The van der Waals surface area contributed by atoms with Crippen LogP contribution in [-0.4, -0.2) is 0 Å². The van der Waals surface area contributed by atoms with Crippen LogP contribution in [0.25, 0.3) is 5.57 Å². The van der Waals surface area contributed by atoms with Gasteiger partial charge in [-0.2, -0.15) is 0 Å². The minimum Gasteiger partial charge on any atom is -0.103 e. The van der Waals surface area contributed by atoms with Gasteiger partial charge in [0, 0.05) is 0 Å². The molecule has 0 aliphatic heterocycles. The van der Waals surface area contributed by atoms with Gasteiger partial charge in [0.25, 0.3) is 0 Å². The van der Waals surface area contributed by atoms with Crippen LogP contribution >= 0.6 is 0 Å². The molecule has 0 bridgehead atoms. The van der Waals surface area contributed by atoms with Gasteiger partial charge >= 0.3 is 0 Å². The second-order valence-corrected chi connectivity index (χ2v) is 11.3. The van der Waals surface area contributed by atoms with E-state index in [1.54, 1.807) is 0 Å². The summed E-state index contributed by atoms with van der Waals surface area (Å²) in [4.78, 5) is 0. The van der Waals surface area contributed by atoms with Crippen molar-refractivity contribution < 1.29 is 0 Å². The molecule has 0 aliphatic carbocycles. The molecule has 1 aromatic rings. The first-order valence-electron chi connectivity index (χ1n) is 13.2. The number of hydrogen-bond donors (Lipinski definition) is 0. The van der Waals surface area contributed by atoms with Gasteiger partial charge < -0.3 is 0 Å². The fourth-order valence-electron chi connectivity index (χ4n) is 3.45. The number of rotatable bonds is 8. The van der Waals surface area contributed by atoms with Crippen molar-refractivity contribution >= 4 is 5.57 Å². The molecule has 0 saturated carbocycles. The van der Waals surface area contributed by atoms with Gasteiger partial charge in [-0.1, -0.05) is 112 Å². The molecule has 0 fully saturated rings. The van der Waals surface area contributed by atoms with Crippen LogP contribution in [0.4, 0.5) is 0 Å². The van der Waals surface area contributed by atoms with E-state index in [0.29, 0.717) is 5.41 Å². The molecular weight excluding hydrogens is 396 g/mol. The molecule has 33 heavy (non-hydrogen) atoms. The quantitative estimate of drug-likeness (QED) is 0.341. The second kappa shape index (κ2) is 21.0. The van der Waals surface area contributed by atoms with Crippen LogP contribution in [0.5, 0.6) is 0 Å². The molecule has 0 atom stereocenters. The van der Waals surface area contributed by atoms with Gasteiger partial charge in [-0.25, -0.2) is 0 Å². The van der Waals surface area contributed by atoms with Crippen LogP contribution in [0.1, 0.15) is 125 Å². The monoisotopic (exact) mass is 456 g/mol. The van der Waals surface area contributed by atoms with E-state index < -0.39 is 0 Å². The Hall–Kier alpha value is -1.56. The van der Waals surface area contributed by atoms with Crippen LogP contribution in [0.3, 0.4) is 0 Å². The molecule has 0 N–H and O–H groups in total. The van der Waals surface area contributed by atoms with E-state index in [4.69, 9.17) is 0 Å². The lowest BCUT2D eigenvalue weighted by atomic mass is 9.83. The maximum absolute atomic E-state index is 3.89. The third-order valence-corrected chi connectivity index (χ3v) is 4.41. The van der Waals surface area contributed by atoms with Crippen LogP contribution in [0, 0.1) is 24.2 Å². The Morgan fingerprint density at radius 2 is 1.48 bits per heavy atom. The summed E-state index contributed by atoms with van der Waals surface area (Å²) in [5.41, 5.74) is 7.50. The Balaban J connectivity index is -0.000000429. The van der Waals surface area contributed by atoms with Gasteiger partial charge in [-0.3, -0.25) is 0 Å². The van der Waals surface area contributed by atoms with Crippen molar-refractivity contribution in [1.29, 1.82) is 0 Å². The maximum atomic E-state index is 3.89. The zero-order valence-corrected chi connectivity index (χ0v) is 25.0. The summed E-state index contributed by atoms with van der Waals surface area (Å²) in [5.74, 6) is 1.67. The first-order valence-corrected chi connectivity index (χ1v) is 13.2. The Labute approximate surface area is 210 Å². The van der Waals surface area contributed by atoms with E-state index in [9.17, 15) is 0 Å². The van der Waals surface area contributed by atoms with Gasteiger partial charge in [-0.15, -0.1) is 13.2 Å². The van der Waals surface area contributed by atoms with Crippen LogP contribution in [0.2, 0.25) is 0 Å². The van der Waals surface area contributed by atoms with Crippen LogP contribution in [0.15, 0.2) is 49.1 Å². The summed E-state index contributed by atoms with van der Waals surface area (Å²) in [6, 6.07) is 6.63. The van der Waals surface area contributed by atoms with E-state index in [0.717, 1.165) is 31.1 Å². The van der Waals surface area contributed by atoms with Crippen molar-refractivity contribution in [2.24, 2.45) is 17.3 Å². The van der Waals surface area contributed by atoms with Crippen molar-refractivity contribution in [3.8, 4) is 0 Å². The zero-order chi connectivity index (χ0) is 26.6. The lowest BCUT2D eigenvalue weighted by Gasteiger charge is -2.22. The molecule has 0 amide bonds. The number of benzene rings is 1. The Kier molecular flexibility index (Phi) is 22.9. The first kappa shape index (κ1) is 36.0. The largest absolute Gasteiger partial charge is 0.103 e. The molecule has 0 unspecified atom stereocenters. The molecular formula is C33H60. The van der Waals surface area contributed by atoms with E-state index in [-0.39, 0.29) is 0 Å². The molecule has 0 saturated heterocycles. The second-order valence-electron chi connectivity index (χ2n) is 11.3. The lowest BCUT2D eigenvalue weighted by Crippen LogP contribution is -2.09. The fraction of sp³-hybridized carbons (Fsp3) is 0.636. The molecule has 0 nitrogen and oxygen atoms in total. The zero-order valence-electron chi connectivity index (χ0n) is 25.0. The van der Waals surface area contributed by atoms with Crippen molar-refractivity contribution in [2.75, 3.05) is 0 Å². The van der Waals surface area contributed by atoms with Crippen molar-refractivity contribution in [1.82, 2.24) is 0 Å². The number of aryl methyl sites for hydroxylation is 2. The highest BCUT2D eigenvalue weighted by Crippen LogP contribution is 2.28. The summed E-state index contributed by atoms with van der Waals surface area (Å²) < 4.78 is 0. The van der Waals surface area contributed by atoms with Gasteiger partial charge in [0.15, 0.2) is 0 Å². The average molecular weight is 457 g/mol. The van der Waals surface area contributed by atoms with Crippen molar-refractivity contribution in [2.45, 2.75) is 122 Å². The predicted octanol–water partition coefficient (Wildman–Crippen LogP) is 11.6. The van der Waals surface area contributed by atoms with Gasteiger partial charge in [0.1, 0.15) is 0 Å². The Morgan fingerprint density at radius 1 is 1.00 bits per heavy atom. The molecule has 0 spiro atoms. The third-order valence-electron chi connectivity index (χ3n) is 4.41. The molecule has 1 rings (SSSR count). The molecule has 0 radical (unpaired) electrons. The SMILES string of the molecule is C/C=C(/CCC)c1c(C)cccc1CC.C=CCC(C)(C)CC(=C)C.CC(C)C.CC(C)C. The smallest absolute Gasteiger partial charge is 0.0166 e. The number of hydrogen-bond acceptors (Lipinski definition) is 0. The summed E-state index contributed by atoms with van der Waals surface area (Å²) in [5, 5.41) is 0. The molecule has 0 aliphatic rings. The topological polar surface area (TPSA) is 0 Å². The summed E-state index contributed by atoms with van der Waals surface area (Å²) in [6.45, 7) is 36.0. The van der Waals surface area contributed by atoms with Gasteiger partial charge in [0.05, 0.1) is 0 Å². The number of allylic oxidation sites excluding steroid dienone is 4. The maximum Gasteiger partial charge on any atom is -0.0166 e. The minimum atomic E-state index is 0.355. The van der Waals surface area contributed by atoms with E-state index in [2.05, 4.69) is 127 Å². The van der Waals surface area contributed by atoms with Gasteiger partial charge in [-0.05, 0) is 86.0 Å². The molecule has 192 valence electrons. The molecule has 1 aromatic carbocycles. The summed E-state index contributed by atoms with van der Waals surface area (Å²) >= 11 is 0. The molecule has 0 aromatic heterocycles. The fourth-order valence-corrected chi connectivity index (χ4v) is 3.45. The highest BCUT2D eigenvalue weighted by atomic mass is 14.2.